The van der Waals surface area contributed by atoms with Gasteiger partial charge in [0.15, 0.2) is 12.4 Å². The highest BCUT2D eigenvalue weighted by Crippen LogP contribution is 2.39. The molecule has 0 bridgehead atoms. The minimum absolute atomic E-state index is 0.0754. The van der Waals surface area contributed by atoms with Crippen LogP contribution in [-0.2, 0) is 91.8 Å². The van der Waals surface area contributed by atoms with Crippen molar-refractivity contribution in [1.29, 1.82) is 0 Å². The van der Waals surface area contributed by atoms with E-state index in [9.17, 15) is 4.79 Å². The van der Waals surface area contributed by atoms with Crippen LogP contribution >= 0.6 is 11.8 Å². The standard InChI is InChI=1S/C59H66O11S/c1-42(2)71-59-57(66-39-49-32-20-9-21-33-49)54(64-37-47-28-16-7-17-29-47)53(51(69-59)41-62-35-45-24-12-5-13-25-45)70-58-56(65-38-48-30-18-8-19-31-48)55(67-43(3)60)52(63-36-46-26-14-6-15-27-46)50(68-58)40-61-34-44-22-10-4-11-23-44/h4-33,42,50-59H,34-41H2,1-3H3/t50-,51-,52+,53-,54+,55+,56-,57-,58+,59+/m1/s1. The summed E-state index contributed by atoms with van der Waals surface area (Å²) in [4.78, 5) is 13.3. The number of esters is 1. The molecule has 71 heavy (non-hydrogen) atoms. The lowest BCUT2D eigenvalue weighted by Gasteiger charge is -2.50. The number of hydrogen-bond donors (Lipinski definition) is 0. The van der Waals surface area contributed by atoms with Crippen LogP contribution in [0.25, 0.3) is 0 Å². The summed E-state index contributed by atoms with van der Waals surface area (Å²) in [5.74, 6) is -0.513. The van der Waals surface area contributed by atoms with Gasteiger partial charge in [-0.25, -0.2) is 0 Å². The van der Waals surface area contributed by atoms with Crippen molar-refractivity contribution in [3.8, 4) is 0 Å². The molecule has 0 radical (unpaired) electrons. The number of carbonyl (C=O) groups is 1. The van der Waals surface area contributed by atoms with Crippen LogP contribution in [0.3, 0.4) is 0 Å². The molecule has 11 nitrogen and oxygen atoms in total. The molecular weight excluding hydrogens is 917 g/mol. The van der Waals surface area contributed by atoms with E-state index < -0.39 is 66.5 Å². The highest BCUT2D eigenvalue weighted by Gasteiger charge is 2.55. The van der Waals surface area contributed by atoms with Gasteiger partial charge in [0.1, 0.15) is 48.2 Å². The zero-order chi connectivity index (χ0) is 49.0. The van der Waals surface area contributed by atoms with E-state index in [4.69, 9.17) is 47.4 Å². The quantitative estimate of drug-likeness (QED) is 0.0510. The molecule has 10 atom stereocenters. The van der Waals surface area contributed by atoms with E-state index in [0.717, 1.165) is 33.4 Å². The van der Waals surface area contributed by atoms with Crippen LogP contribution in [0.4, 0.5) is 0 Å². The normalized spacial score (nSPS) is 24.4. The molecular formula is C59H66O11S. The number of hydrogen-bond acceptors (Lipinski definition) is 12. The van der Waals surface area contributed by atoms with Gasteiger partial charge in [-0.1, -0.05) is 196 Å². The number of rotatable bonds is 25. The molecule has 6 aromatic carbocycles. The summed E-state index contributed by atoms with van der Waals surface area (Å²) in [7, 11) is 0. The molecule has 2 fully saturated rings. The smallest absolute Gasteiger partial charge is 0.303 e. The van der Waals surface area contributed by atoms with Crippen LogP contribution < -0.4 is 0 Å². The van der Waals surface area contributed by atoms with Gasteiger partial charge in [-0.05, 0) is 33.4 Å². The van der Waals surface area contributed by atoms with E-state index in [2.05, 4.69) is 13.8 Å². The van der Waals surface area contributed by atoms with E-state index in [0.29, 0.717) is 19.8 Å². The molecule has 2 saturated heterocycles. The Kier molecular flexibility index (Phi) is 20.2. The topological polar surface area (TPSA) is 109 Å². The summed E-state index contributed by atoms with van der Waals surface area (Å²) in [5, 5.41) is 0.173. The van der Waals surface area contributed by atoms with Gasteiger partial charge in [0.2, 0.25) is 0 Å². The lowest BCUT2D eigenvalue weighted by Crippen LogP contribution is -2.66. The summed E-state index contributed by atoms with van der Waals surface area (Å²) in [5.41, 5.74) is 5.35. The molecule has 0 amide bonds. The summed E-state index contributed by atoms with van der Waals surface area (Å²) in [6, 6.07) is 59.7. The molecule has 0 unspecified atom stereocenters. The molecule has 6 aromatic rings. The number of carbonyl (C=O) groups excluding carboxylic acids is 1. The monoisotopic (exact) mass is 982 g/mol. The molecule has 12 heteroatoms. The van der Waals surface area contributed by atoms with Gasteiger partial charge < -0.3 is 47.4 Å². The van der Waals surface area contributed by atoms with Gasteiger partial charge in [0, 0.05) is 12.2 Å². The van der Waals surface area contributed by atoms with E-state index in [1.165, 1.54) is 6.92 Å². The Bertz CT molecular complexity index is 2400. The second kappa shape index (κ2) is 27.6. The van der Waals surface area contributed by atoms with Gasteiger partial charge in [-0.3, -0.25) is 4.79 Å². The average molecular weight is 983 g/mol. The predicted molar refractivity (Wildman–Crippen MR) is 273 cm³/mol. The third kappa shape index (κ3) is 15.9. The Morgan fingerprint density at radius 2 is 0.789 bits per heavy atom. The molecule has 374 valence electrons. The number of benzene rings is 6. The van der Waals surface area contributed by atoms with E-state index >= 15 is 0 Å². The molecule has 0 aliphatic carbocycles. The number of thioether (sulfide) groups is 1. The Labute approximate surface area is 423 Å². The van der Waals surface area contributed by atoms with E-state index in [1.807, 2.05) is 182 Å². The van der Waals surface area contributed by atoms with Crippen LogP contribution in [-0.4, -0.2) is 85.0 Å². The largest absolute Gasteiger partial charge is 0.457 e. The summed E-state index contributed by atoms with van der Waals surface area (Å²) in [6.07, 6.45) is -7.80. The van der Waals surface area contributed by atoms with Crippen LogP contribution in [0.15, 0.2) is 182 Å². The highest BCUT2D eigenvalue weighted by atomic mass is 32.2. The Morgan fingerprint density at radius 3 is 1.18 bits per heavy atom. The van der Waals surface area contributed by atoms with E-state index in [-0.39, 0.29) is 38.3 Å². The minimum Gasteiger partial charge on any atom is -0.457 e. The van der Waals surface area contributed by atoms with Crippen LogP contribution in [0.2, 0.25) is 0 Å². The van der Waals surface area contributed by atoms with Crippen molar-refractivity contribution in [2.24, 2.45) is 0 Å². The third-order valence-corrected chi connectivity index (χ3v) is 13.3. The fraction of sp³-hybridized carbons (Fsp3) is 0.373. The lowest BCUT2D eigenvalue weighted by molar-refractivity contribution is -0.356. The zero-order valence-electron chi connectivity index (χ0n) is 40.7. The average Bonchev–Trinajstić information content (AvgIpc) is 3.39. The second-order valence-electron chi connectivity index (χ2n) is 18.0. The minimum atomic E-state index is -1.18. The van der Waals surface area contributed by atoms with Crippen molar-refractivity contribution < 1.29 is 52.2 Å². The molecule has 0 saturated carbocycles. The van der Waals surface area contributed by atoms with Gasteiger partial charge in [-0.2, -0.15) is 0 Å². The molecule has 8 rings (SSSR count). The van der Waals surface area contributed by atoms with E-state index in [1.54, 1.807) is 11.8 Å². The van der Waals surface area contributed by atoms with Gasteiger partial charge in [0.25, 0.3) is 0 Å². The fourth-order valence-electron chi connectivity index (χ4n) is 8.70. The maximum atomic E-state index is 13.3. The van der Waals surface area contributed by atoms with Crippen molar-refractivity contribution in [3.05, 3.63) is 215 Å². The zero-order valence-corrected chi connectivity index (χ0v) is 41.5. The first-order valence-corrected chi connectivity index (χ1v) is 25.4. The maximum Gasteiger partial charge on any atom is 0.303 e. The first kappa shape index (κ1) is 52.1. The molecule has 0 spiro atoms. The van der Waals surface area contributed by atoms with Crippen molar-refractivity contribution in [1.82, 2.24) is 0 Å². The van der Waals surface area contributed by atoms with Crippen molar-refractivity contribution in [3.63, 3.8) is 0 Å². The molecule has 0 N–H and O–H groups in total. The summed E-state index contributed by atoms with van der Waals surface area (Å²) < 4.78 is 68.8. The molecule has 2 aliphatic heterocycles. The van der Waals surface area contributed by atoms with Crippen LogP contribution in [0.5, 0.6) is 0 Å². The molecule has 0 aromatic heterocycles. The summed E-state index contributed by atoms with van der Waals surface area (Å²) in [6.45, 7) is 7.47. The first-order valence-electron chi connectivity index (χ1n) is 24.5. The van der Waals surface area contributed by atoms with Crippen LogP contribution in [0.1, 0.15) is 54.2 Å². The highest BCUT2D eigenvalue weighted by molar-refractivity contribution is 8.00. The molecule has 2 aliphatic rings. The lowest BCUT2D eigenvalue weighted by atomic mass is 9.96. The molecule has 2 heterocycles. The van der Waals surface area contributed by atoms with Crippen molar-refractivity contribution >= 4 is 17.7 Å². The van der Waals surface area contributed by atoms with Crippen LogP contribution in [0, 0.1) is 0 Å². The fourth-order valence-corrected chi connectivity index (χ4v) is 9.83. The van der Waals surface area contributed by atoms with Crippen molar-refractivity contribution in [2.75, 3.05) is 13.2 Å². The Balaban J connectivity index is 1.19. The Hall–Kier alpha value is -5.22. The predicted octanol–water partition coefficient (Wildman–Crippen LogP) is 10.7. The second-order valence-corrected chi connectivity index (χ2v) is 19.7. The third-order valence-electron chi connectivity index (χ3n) is 12.1. The Morgan fingerprint density at radius 1 is 0.437 bits per heavy atom. The first-order chi connectivity index (χ1) is 34.9. The van der Waals surface area contributed by atoms with Gasteiger partial charge >= 0.3 is 5.97 Å². The number of ether oxygens (including phenoxy) is 10. The van der Waals surface area contributed by atoms with Gasteiger partial charge in [0.05, 0.1) is 52.9 Å². The maximum absolute atomic E-state index is 13.3. The SMILES string of the molecule is CC(=O)O[C@H]1[C@@H](OCc2ccccc2)[C@@H](COCc2ccccc2)O[C@@H](O[C@H]2[C@H](OCc3ccccc3)[C@@H](OCc3ccccc3)[C@H](SC(C)C)O[C@@H]2COCc2ccccc2)[C@@H]1OCc1ccccc1. The van der Waals surface area contributed by atoms with Gasteiger partial charge in [-0.15, -0.1) is 11.8 Å². The summed E-state index contributed by atoms with van der Waals surface area (Å²) >= 11 is 1.67. The van der Waals surface area contributed by atoms with Crippen molar-refractivity contribution in [2.45, 2.75) is 126 Å².